The molecule has 1 amide bonds. The first kappa shape index (κ1) is 18.9. The van der Waals surface area contributed by atoms with E-state index in [0.29, 0.717) is 12.1 Å². The second kappa shape index (κ2) is 9.14. The predicted molar refractivity (Wildman–Crippen MR) is 100 cm³/mol. The number of nitrogens with one attached hydrogen (secondary N) is 1. The molecule has 0 atom stereocenters. The van der Waals surface area contributed by atoms with Gasteiger partial charge in [0.1, 0.15) is 0 Å². The molecule has 0 radical (unpaired) electrons. The zero-order valence-corrected chi connectivity index (χ0v) is 15.2. The molecule has 2 aromatic rings. The van der Waals surface area contributed by atoms with Crippen molar-refractivity contribution in [3.05, 3.63) is 70.8 Å². The Morgan fingerprint density at radius 2 is 1.52 bits per heavy atom. The molecular weight excluding hydrogens is 312 g/mol. The third kappa shape index (κ3) is 5.26. The minimum absolute atomic E-state index is 0.355. The van der Waals surface area contributed by atoms with Crippen LogP contribution in [0.2, 0.25) is 0 Å². The van der Waals surface area contributed by atoms with Gasteiger partial charge in [-0.3, -0.25) is 14.5 Å². The lowest BCUT2D eigenvalue weighted by Crippen LogP contribution is -2.31. The molecular formula is C21H26N2O2. The Balaban J connectivity index is 2.02. The third-order valence-corrected chi connectivity index (χ3v) is 4.37. The highest BCUT2D eigenvalue weighted by Crippen LogP contribution is 2.12. The van der Waals surface area contributed by atoms with Gasteiger partial charge in [0.25, 0.3) is 5.91 Å². The van der Waals surface area contributed by atoms with Gasteiger partial charge in [0, 0.05) is 18.7 Å². The predicted octanol–water partition coefficient (Wildman–Crippen LogP) is 3.34. The summed E-state index contributed by atoms with van der Waals surface area (Å²) in [6.45, 7) is 9.36. The van der Waals surface area contributed by atoms with E-state index >= 15 is 0 Å². The van der Waals surface area contributed by atoms with E-state index in [9.17, 15) is 9.59 Å². The molecule has 0 saturated carbocycles. The molecule has 4 heteroatoms. The molecule has 0 aromatic heterocycles. The van der Waals surface area contributed by atoms with E-state index in [4.69, 9.17) is 0 Å². The summed E-state index contributed by atoms with van der Waals surface area (Å²) in [5.41, 5.74) is 3.69. The molecule has 0 heterocycles. The number of hydrogen-bond acceptors (Lipinski definition) is 3. The van der Waals surface area contributed by atoms with E-state index in [0.717, 1.165) is 30.8 Å². The molecule has 0 unspecified atom stereocenters. The van der Waals surface area contributed by atoms with E-state index in [1.807, 2.05) is 37.3 Å². The van der Waals surface area contributed by atoms with Gasteiger partial charge >= 0.3 is 0 Å². The summed E-state index contributed by atoms with van der Waals surface area (Å²) < 4.78 is 0. The van der Waals surface area contributed by atoms with Crippen LogP contribution < -0.4 is 5.32 Å². The number of Topliss-reactive ketones (excluding diaryl/α,β-unsaturated/α-hetero) is 1. The van der Waals surface area contributed by atoms with Crippen LogP contribution in [0.1, 0.15) is 40.9 Å². The van der Waals surface area contributed by atoms with Crippen molar-refractivity contribution >= 4 is 11.7 Å². The first-order chi connectivity index (χ1) is 12.0. The largest absolute Gasteiger partial charge is 0.345 e. The maximum Gasteiger partial charge on any atom is 0.292 e. The fourth-order valence-corrected chi connectivity index (χ4v) is 2.66. The molecule has 0 aliphatic heterocycles. The van der Waals surface area contributed by atoms with E-state index in [2.05, 4.69) is 30.1 Å². The van der Waals surface area contributed by atoms with Gasteiger partial charge < -0.3 is 5.32 Å². The molecule has 1 N–H and O–H groups in total. The van der Waals surface area contributed by atoms with Crippen molar-refractivity contribution in [3.63, 3.8) is 0 Å². The van der Waals surface area contributed by atoms with Crippen LogP contribution in [0, 0.1) is 6.92 Å². The molecule has 25 heavy (non-hydrogen) atoms. The number of carbonyl (C=O) groups is 2. The van der Waals surface area contributed by atoms with Crippen LogP contribution in [0.3, 0.4) is 0 Å². The van der Waals surface area contributed by atoms with Crippen LogP contribution in [0.15, 0.2) is 48.5 Å². The standard InChI is InChI=1S/C21H26N2O2/c1-4-23(5-2)15-19-9-7-6-8-18(19)14-22-21(25)20(24)17-12-10-16(3)11-13-17/h6-13H,4-5,14-15H2,1-3H3,(H,22,25). The molecule has 0 bridgehead atoms. The minimum atomic E-state index is -0.568. The smallest absolute Gasteiger partial charge is 0.292 e. The highest BCUT2D eigenvalue weighted by molar-refractivity contribution is 6.42. The number of hydrogen-bond donors (Lipinski definition) is 1. The van der Waals surface area contributed by atoms with E-state index in [-0.39, 0.29) is 0 Å². The number of benzene rings is 2. The Labute approximate surface area is 149 Å². The molecule has 2 aromatic carbocycles. The molecule has 0 aliphatic carbocycles. The summed E-state index contributed by atoms with van der Waals surface area (Å²) in [7, 11) is 0. The number of nitrogens with zero attached hydrogens (tertiary/aromatic N) is 1. The summed E-state index contributed by atoms with van der Waals surface area (Å²) in [6.07, 6.45) is 0. The van der Waals surface area contributed by atoms with Gasteiger partial charge in [-0.15, -0.1) is 0 Å². The maximum atomic E-state index is 12.2. The molecule has 0 aliphatic rings. The average molecular weight is 338 g/mol. The summed E-state index contributed by atoms with van der Waals surface area (Å²) in [5.74, 6) is -1.07. The van der Waals surface area contributed by atoms with Crippen molar-refractivity contribution in [1.29, 1.82) is 0 Å². The number of amides is 1. The normalized spacial score (nSPS) is 10.7. The van der Waals surface area contributed by atoms with Gasteiger partial charge in [0.15, 0.2) is 0 Å². The fourth-order valence-electron chi connectivity index (χ4n) is 2.66. The van der Waals surface area contributed by atoms with E-state index < -0.39 is 11.7 Å². The SMILES string of the molecule is CCN(CC)Cc1ccccc1CNC(=O)C(=O)c1ccc(C)cc1. The van der Waals surface area contributed by atoms with Crippen molar-refractivity contribution in [2.24, 2.45) is 0 Å². The second-order valence-corrected chi connectivity index (χ2v) is 6.11. The van der Waals surface area contributed by atoms with Gasteiger partial charge in [0.2, 0.25) is 5.78 Å². The number of rotatable bonds is 8. The molecule has 0 saturated heterocycles. The molecule has 0 fully saturated rings. The Bertz CT molecular complexity index is 719. The molecule has 2 rings (SSSR count). The van der Waals surface area contributed by atoms with Gasteiger partial charge in [-0.1, -0.05) is 67.9 Å². The Morgan fingerprint density at radius 1 is 0.920 bits per heavy atom. The van der Waals surface area contributed by atoms with Crippen LogP contribution in [0.4, 0.5) is 0 Å². The van der Waals surface area contributed by atoms with Gasteiger partial charge in [-0.2, -0.15) is 0 Å². The Kier molecular flexibility index (Phi) is 6.90. The van der Waals surface area contributed by atoms with Crippen LogP contribution >= 0.6 is 0 Å². The first-order valence-corrected chi connectivity index (χ1v) is 8.73. The monoisotopic (exact) mass is 338 g/mol. The highest BCUT2D eigenvalue weighted by atomic mass is 16.2. The van der Waals surface area contributed by atoms with Crippen molar-refractivity contribution in [3.8, 4) is 0 Å². The lowest BCUT2D eigenvalue weighted by Gasteiger charge is -2.20. The van der Waals surface area contributed by atoms with Crippen molar-refractivity contribution < 1.29 is 9.59 Å². The average Bonchev–Trinajstić information content (AvgIpc) is 2.65. The quantitative estimate of drug-likeness (QED) is 0.593. The zero-order valence-electron chi connectivity index (χ0n) is 15.2. The van der Waals surface area contributed by atoms with Crippen LogP contribution in [0.25, 0.3) is 0 Å². The topological polar surface area (TPSA) is 49.4 Å². The number of aryl methyl sites for hydroxylation is 1. The van der Waals surface area contributed by atoms with Gasteiger partial charge in [0.05, 0.1) is 0 Å². The first-order valence-electron chi connectivity index (χ1n) is 8.73. The second-order valence-electron chi connectivity index (χ2n) is 6.11. The lowest BCUT2D eigenvalue weighted by atomic mass is 10.1. The Morgan fingerprint density at radius 3 is 2.12 bits per heavy atom. The van der Waals surface area contributed by atoms with Crippen molar-refractivity contribution in [1.82, 2.24) is 10.2 Å². The summed E-state index contributed by atoms with van der Waals surface area (Å²) >= 11 is 0. The van der Waals surface area contributed by atoms with Gasteiger partial charge in [-0.05, 0) is 31.1 Å². The highest BCUT2D eigenvalue weighted by Gasteiger charge is 2.16. The van der Waals surface area contributed by atoms with Crippen LogP contribution in [-0.2, 0) is 17.9 Å². The maximum absolute atomic E-state index is 12.2. The van der Waals surface area contributed by atoms with Crippen LogP contribution in [-0.4, -0.2) is 29.7 Å². The number of carbonyl (C=O) groups excluding carboxylic acids is 2. The molecule has 4 nitrogen and oxygen atoms in total. The minimum Gasteiger partial charge on any atom is -0.345 e. The van der Waals surface area contributed by atoms with Gasteiger partial charge in [-0.25, -0.2) is 0 Å². The van der Waals surface area contributed by atoms with E-state index in [1.54, 1.807) is 12.1 Å². The van der Waals surface area contributed by atoms with E-state index in [1.165, 1.54) is 5.56 Å². The summed E-state index contributed by atoms with van der Waals surface area (Å²) in [4.78, 5) is 26.7. The molecule has 132 valence electrons. The molecule has 0 spiro atoms. The summed E-state index contributed by atoms with van der Waals surface area (Å²) in [6, 6.07) is 15.1. The number of ketones is 1. The Hall–Kier alpha value is -2.46. The zero-order chi connectivity index (χ0) is 18.2. The third-order valence-electron chi connectivity index (χ3n) is 4.37. The van der Waals surface area contributed by atoms with Crippen LogP contribution in [0.5, 0.6) is 0 Å². The summed E-state index contributed by atoms with van der Waals surface area (Å²) in [5, 5.41) is 2.75. The lowest BCUT2D eigenvalue weighted by molar-refractivity contribution is -0.117. The fraction of sp³-hybridized carbons (Fsp3) is 0.333. The van der Waals surface area contributed by atoms with Crippen molar-refractivity contribution in [2.45, 2.75) is 33.9 Å². The van der Waals surface area contributed by atoms with Crippen molar-refractivity contribution in [2.75, 3.05) is 13.1 Å².